The van der Waals surface area contributed by atoms with Crippen molar-refractivity contribution in [3.8, 4) is 11.1 Å². The van der Waals surface area contributed by atoms with E-state index in [9.17, 15) is 13.2 Å². The third-order valence-electron chi connectivity index (χ3n) is 3.47. The van der Waals surface area contributed by atoms with Crippen LogP contribution in [-0.4, -0.2) is 0 Å². The summed E-state index contributed by atoms with van der Waals surface area (Å²) >= 11 is 0.747. The van der Waals surface area contributed by atoms with E-state index in [0.29, 0.717) is 16.1 Å². The maximum Gasteiger partial charge on any atom is 0.426 e. The van der Waals surface area contributed by atoms with Crippen LogP contribution in [0.1, 0.15) is 15.3 Å². The first kappa shape index (κ1) is 16.3. The van der Waals surface area contributed by atoms with Crippen molar-refractivity contribution >= 4 is 29.2 Å². The molecular formula is C19H14F3NS. The lowest BCUT2D eigenvalue weighted by molar-refractivity contribution is -0.133. The highest BCUT2D eigenvalue weighted by molar-refractivity contribution is 7.13. The molecule has 0 spiro atoms. The Morgan fingerprint density at radius 3 is 2.17 bits per heavy atom. The molecule has 122 valence electrons. The number of thiophene rings is 1. The van der Waals surface area contributed by atoms with Gasteiger partial charge in [-0.05, 0) is 35.4 Å². The smallest absolute Gasteiger partial charge is 0.399 e. The summed E-state index contributed by atoms with van der Waals surface area (Å²) in [7, 11) is 0. The Labute approximate surface area is 141 Å². The number of nitrogens with two attached hydrogens (primary N) is 1. The Morgan fingerprint density at radius 2 is 1.54 bits per heavy atom. The summed E-state index contributed by atoms with van der Waals surface area (Å²) in [6, 6.07) is 17.4. The van der Waals surface area contributed by atoms with E-state index in [-0.39, 0.29) is 5.56 Å². The lowest BCUT2D eigenvalue weighted by Gasteiger charge is -2.07. The van der Waals surface area contributed by atoms with E-state index in [1.54, 1.807) is 60.7 Å². The fraction of sp³-hybridized carbons (Fsp3) is 0.0526. The van der Waals surface area contributed by atoms with Crippen molar-refractivity contribution in [1.29, 1.82) is 0 Å². The second-order valence-corrected chi connectivity index (χ2v) is 6.34. The molecule has 1 heterocycles. The molecule has 1 nitrogen and oxygen atoms in total. The molecule has 2 N–H and O–H groups in total. The molecular weight excluding hydrogens is 331 g/mol. The number of anilines is 1. The van der Waals surface area contributed by atoms with E-state index in [1.165, 1.54) is 0 Å². The normalized spacial score (nSPS) is 12.0. The van der Waals surface area contributed by atoms with Gasteiger partial charge in [-0.1, -0.05) is 48.5 Å². The maximum atomic E-state index is 13.3. The summed E-state index contributed by atoms with van der Waals surface area (Å²) in [5.41, 5.74) is 7.93. The quantitative estimate of drug-likeness (QED) is 0.563. The minimum atomic E-state index is -4.37. The van der Waals surface area contributed by atoms with Crippen LogP contribution >= 0.6 is 11.3 Å². The van der Waals surface area contributed by atoms with Crippen molar-refractivity contribution < 1.29 is 13.2 Å². The fourth-order valence-electron chi connectivity index (χ4n) is 2.32. The van der Waals surface area contributed by atoms with Crippen LogP contribution in [0.4, 0.5) is 18.9 Å². The van der Waals surface area contributed by atoms with E-state index in [2.05, 4.69) is 0 Å². The van der Waals surface area contributed by atoms with Crippen LogP contribution in [0.5, 0.6) is 0 Å². The van der Waals surface area contributed by atoms with Crippen molar-refractivity contribution in [2.45, 2.75) is 6.18 Å². The molecule has 0 aliphatic heterocycles. The topological polar surface area (TPSA) is 26.0 Å². The van der Waals surface area contributed by atoms with Crippen LogP contribution in [0.25, 0.3) is 23.3 Å². The molecule has 24 heavy (non-hydrogen) atoms. The lowest BCUT2D eigenvalue weighted by atomic mass is 10.1. The molecule has 0 aliphatic carbocycles. The molecule has 0 radical (unpaired) electrons. The monoisotopic (exact) mass is 345 g/mol. The first-order valence-corrected chi connectivity index (χ1v) is 8.05. The van der Waals surface area contributed by atoms with Crippen LogP contribution in [0.3, 0.4) is 0 Å². The Bertz CT molecular complexity index is 847. The average Bonchev–Trinajstić information content (AvgIpc) is 3.00. The van der Waals surface area contributed by atoms with Crippen molar-refractivity contribution in [3.05, 3.63) is 76.0 Å². The zero-order valence-corrected chi connectivity index (χ0v) is 13.4. The van der Waals surface area contributed by atoms with Crippen LogP contribution in [0.2, 0.25) is 0 Å². The molecule has 5 heteroatoms. The number of rotatable bonds is 3. The second-order valence-electron chi connectivity index (χ2n) is 5.26. The van der Waals surface area contributed by atoms with E-state index < -0.39 is 11.1 Å². The number of hydrogen-bond acceptors (Lipinski definition) is 2. The van der Waals surface area contributed by atoms with Gasteiger partial charge in [0.1, 0.15) is 4.88 Å². The van der Waals surface area contributed by atoms with Gasteiger partial charge in [-0.25, -0.2) is 0 Å². The van der Waals surface area contributed by atoms with Gasteiger partial charge >= 0.3 is 6.18 Å². The molecule has 1 aromatic heterocycles. The molecule has 0 aliphatic rings. The molecule has 0 amide bonds. The van der Waals surface area contributed by atoms with Gasteiger partial charge in [-0.3, -0.25) is 0 Å². The standard InChI is InChI=1S/C19H14F3NS/c20-19(21,22)18-17(14-4-2-1-3-5-14)12-16(24-18)11-8-13-6-9-15(23)10-7-13/h1-12H,23H2/b11-8+. The molecule has 0 bridgehead atoms. The SMILES string of the molecule is Nc1ccc(/C=C/c2cc(-c3ccccc3)c(C(F)(F)F)s2)cc1. The van der Waals surface area contributed by atoms with Crippen LogP contribution < -0.4 is 5.73 Å². The number of nitrogen functional groups attached to an aromatic ring is 1. The summed E-state index contributed by atoms with van der Waals surface area (Å²) in [5.74, 6) is 0. The highest BCUT2D eigenvalue weighted by Gasteiger charge is 2.36. The summed E-state index contributed by atoms with van der Waals surface area (Å²) in [6.07, 6.45) is -0.902. The first-order valence-electron chi connectivity index (χ1n) is 7.23. The predicted octanol–water partition coefficient (Wildman–Crippen LogP) is 6.19. The summed E-state index contributed by atoms with van der Waals surface area (Å²) in [6.45, 7) is 0. The van der Waals surface area contributed by atoms with Gasteiger partial charge in [0.15, 0.2) is 0 Å². The Hall–Kier alpha value is -2.53. The molecule has 3 rings (SSSR count). The zero-order chi connectivity index (χ0) is 17.2. The van der Waals surface area contributed by atoms with Gasteiger partial charge in [0.2, 0.25) is 0 Å². The second kappa shape index (κ2) is 6.53. The summed E-state index contributed by atoms with van der Waals surface area (Å²) in [4.78, 5) is -0.0244. The maximum absolute atomic E-state index is 13.3. The number of hydrogen-bond donors (Lipinski definition) is 1. The predicted molar refractivity (Wildman–Crippen MR) is 94.5 cm³/mol. The molecule has 0 saturated carbocycles. The lowest BCUT2D eigenvalue weighted by Crippen LogP contribution is -2.03. The van der Waals surface area contributed by atoms with Crippen molar-refractivity contribution in [2.75, 3.05) is 5.73 Å². The largest absolute Gasteiger partial charge is 0.426 e. The molecule has 3 aromatic rings. The van der Waals surface area contributed by atoms with E-state index in [4.69, 9.17) is 5.73 Å². The van der Waals surface area contributed by atoms with Crippen molar-refractivity contribution in [1.82, 2.24) is 0 Å². The van der Waals surface area contributed by atoms with Gasteiger partial charge < -0.3 is 5.73 Å². The highest BCUT2D eigenvalue weighted by atomic mass is 32.1. The molecule has 0 saturated heterocycles. The zero-order valence-electron chi connectivity index (χ0n) is 12.5. The molecule has 0 unspecified atom stereocenters. The van der Waals surface area contributed by atoms with Crippen molar-refractivity contribution in [3.63, 3.8) is 0 Å². The summed E-state index contributed by atoms with van der Waals surface area (Å²) in [5, 5.41) is 0. The van der Waals surface area contributed by atoms with E-state index in [1.807, 2.05) is 12.1 Å². The van der Waals surface area contributed by atoms with E-state index >= 15 is 0 Å². The average molecular weight is 345 g/mol. The van der Waals surface area contributed by atoms with Gasteiger partial charge in [-0.2, -0.15) is 13.2 Å². The molecule has 0 atom stereocenters. The molecule has 0 fully saturated rings. The third kappa shape index (κ3) is 3.68. The summed E-state index contributed by atoms with van der Waals surface area (Å²) < 4.78 is 40.0. The number of alkyl halides is 3. The van der Waals surface area contributed by atoms with Crippen molar-refractivity contribution in [2.24, 2.45) is 0 Å². The third-order valence-corrected chi connectivity index (χ3v) is 4.62. The van der Waals surface area contributed by atoms with Crippen LogP contribution in [-0.2, 0) is 6.18 Å². The van der Waals surface area contributed by atoms with Gasteiger partial charge in [0.05, 0.1) is 0 Å². The van der Waals surface area contributed by atoms with Crippen LogP contribution in [0.15, 0.2) is 60.7 Å². The van der Waals surface area contributed by atoms with Crippen LogP contribution in [0, 0.1) is 0 Å². The molecule has 2 aromatic carbocycles. The number of benzene rings is 2. The minimum Gasteiger partial charge on any atom is -0.399 e. The first-order chi connectivity index (χ1) is 11.4. The fourth-order valence-corrected chi connectivity index (χ4v) is 3.27. The Morgan fingerprint density at radius 1 is 0.875 bits per heavy atom. The van der Waals surface area contributed by atoms with Gasteiger partial charge in [0, 0.05) is 16.1 Å². The number of halogens is 3. The van der Waals surface area contributed by atoms with Gasteiger partial charge in [-0.15, -0.1) is 11.3 Å². The highest BCUT2D eigenvalue weighted by Crippen LogP contribution is 2.43. The minimum absolute atomic E-state index is 0.213. The Balaban J connectivity index is 1.98. The van der Waals surface area contributed by atoms with E-state index in [0.717, 1.165) is 16.9 Å². The van der Waals surface area contributed by atoms with Gasteiger partial charge in [0.25, 0.3) is 0 Å². The Kier molecular flexibility index (Phi) is 4.44.